The fraction of sp³-hybridized carbons (Fsp3) is 0.632. The van der Waals surface area contributed by atoms with Gasteiger partial charge in [0.1, 0.15) is 0 Å². The van der Waals surface area contributed by atoms with Gasteiger partial charge in [0, 0.05) is 27.2 Å². The van der Waals surface area contributed by atoms with E-state index in [4.69, 9.17) is 0 Å². The second-order valence-corrected chi connectivity index (χ2v) is 9.65. The summed E-state index contributed by atoms with van der Waals surface area (Å²) in [6, 6.07) is 4.15. The summed E-state index contributed by atoms with van der Waals surface area (Å²) >= 11 is 0. The van der Waals surface area contributed by atoms with Crippen molar-refractivity contribution in [2.45, 2.75) is 46.6 Å². The molecule has 1 aliphatic rings. The number of nitrogens with zero attached hydrogens (tertiary/aromatic N) is 2. The second-order valence-electron chi connectivity index (χ2n) is 7.51. The second kappa shape index (κ2) is 8.06. The molecule has 0 saturated carbocycles. The molecule has 0 aromatic heterocycles. The maximum atomic E-state index is 12.7. The van der Waals surface area contributed by atoms with Crippen molar-refractivity contribution in [2.75, 3.05) is 27.2 Å². The quantitative estimate of drug-likeness (QED) is 0.851. The zero-order valence-electron chi connectivity index (χ0n) is 16.7. The maximum absolute atomic E-state index is 12.7. The minimum atomic E-state index is -3.48. The van der Waals surface area contributed by atoms with Gasteiger partial charge < -0.3 is 5.32 Å². The highest BCUT2D eigenvalue weighted by atomic mass is 32.2. The summed E-state index contributed by atoms with van der Waals surface area (Å²) < 4.78 is 27.3. The van der Waals surface area contributed by atoms with Crippen LogP contribution < -0.4 is 5.32 Å². The van der Waals surface area contributed by atoms with Crippen molar-refractivity contribution in [3.05, 3.63) is 34.4 Å². The van der Waals surface area contributed by atoms with E-state index in [-0.39, 0.29) is 24.4 Å². The van der Waals surface area contributed by atoms with E-state index in [1.165, 1.54) is 33.8 Å². The lowest BCUT2D eigenvalue weighted by molar-refractivity contribution is -0.126. The van der Waals surface area contributed by atoms with Crippen LogP contribution in [0.25, 0.3) is 0 Å². The van der Waals surface area contributed by atoms with E-state index in [1.54, 1.807) is 0 Å². The summed E-state index contributed by atoms with van der Waals surface area (Å²) in [6.45, 7) is 8.89. The van der Waals surface area contributed by atoms with Gasteiger partial charge in [-0.25, -0.2) is 0 Å². The van der Waals surface area contributed by atoms with Gasteiger partial charge in [-0.05, 0) is 62.8 Å². The van der Waals surface area contributed by atoms with Crippen molar-refractivity contribution in [2.24, 2.45) is 5.92 Å². The third kappa shape index (κ3) is 4.45. The average Bonchev–Trinajstić information content (AvgIpc) is 2.57. The van der Waals surface area contributed by atoms with Crippen molar-refractivity contribution in [1.82, 2.24) is 13.9 Å². The molecular formula is C19H31N3O3S. The zero-order chi connectivity index (χ0) is 19.6. The number of amides is 1. The van der Waals surface area contributed by atoms with Crippen molar-refractivity contribution in [1.29, 1.82) is 0 Å². The molecule has 0 radical (unpaired) electrons. The van der Waals surface area contributed by atoms with E-state index in [0.717, 1.165) is 11.1 Å². The maximum Gasteiger partial charge on any atom is 0.281 e. The molecular weight excluding hydrogens is 350 g/mol. The lowest BCUT2D eigenvalue weighted by Crippen LogP contribution is -2.49. The van der Waals surface area contributed by atoms with Gasteiger partial charge in [-0.15, -0.1) is 0 Å². The van der Waals surface area contributed by atoms with Crippen LogP contribution in [0.1, 0.15) is 48.1 Å². The Morgan fingerprint density at radius 3 is 2.42 bits per heavy atom. The number of hydrogen-bond donors (Lipinski definition) is 1. The van der Waals surface area contributed by atoms with Crippen LogP contribution in [0, 0.1) is 26.7 Å². The number of carbonyl (C=O) groups excluding carboxylic acids is 1. The summed E-state index contributed by atoms with van der Waals surface area (Å²) in [5, 5.41) is 3.08. The molecule has 1 N–H and O–H groups in total. The van der Waals surface area contributed by atoms with Crippen LogP contribution in [0.5, 0.6) is 0 Å². The number of carbonyl (C=O) groups is 1. The average molecular weight is 382 g/mol. The van der Waals surface area contributed by atoms with E-state index in [2.05, 4.69) is 38.2 Å². The van der Waals surface area contributed by atoms with Gasteiger partial charge in [-0.3, -0.25) is 4.79 Å². The zero-order valence-corrected chi connectivity index (χ0v) is 17.5. The molecule has 146 valence electrons. The van der Waals surface area contributed by atoms with Crippen LogP contribution in [0.3, 0.4) is 0 Å². The molecule has 1 aliphatic heterocycles. The summed E-state index contributed by atoms with van der Waals surface area (Å²) in [5.41, 5.74) is 4.70. The highest BCUT2D eigenvalue weighted by molar-refractivity contribution is 7.86. The molecule has 0 unspecified atom stereocenters. The van der Waals surface area contributed by atoms with Gasteiger partial charge in [-0.1, -0.05) is 12.1 Å². The Labute approximate surface area is 157 Å². The Balaban J connectivity index is 2.09. The molecule has 1 heterocycles. The molecule has 0 bridgehead atoms. The van der Waals surface area contributed by atoms with Gasteiger partial charge >= 0.3 is 0 Å². The largest absolute Gasteiger partial charge is 0.349 e. The van der Waals surface area contributed by atoms with E-state index >= 15 is 0 Å². The van der Waals surface area contributed by atoms with Crippen molar-refractivity contribution < 1.29 is 13.2 Å². The Hall–Kier alpha value is -1.44. The number of piperidine rings is 1. The minimum Gasteiger partial charge on any atom is -0.349 e. The Kier molecular flexibility index (Phi) is 6.47. The highest BCUT2D eigenvalue weighted by Gasteiger charge is 2.33. The molecule has 1 amide bonds. The first-order chi connectivity index (χ1) is 12.0. The van der Waals surface area contributed by atoms with Gasteiger partial charge in [0.15, 0.2) is 0 Å². The van der Waals surface area contributed by atoms with E-state index in [1.807, 2.05) is 6.92 Å². The number of rotatable bonds is 5. The van der Waals surface area contributed by atoms with Crippen LogP contribution in [0.4, 0.5) is 0 Å². The smallest absolute Gasteiger partial charge is 0.281 e. The SMILES string of the molecule is Cc1cc(C)c([C@H](C)NC(=O)[C@H]2CCCN(S(=O)(=O)N(C)C)C2)cc1C. The van der Waals surface area contributed by atoms with Crippen molar-refractivity contribution in [3.63, 3.8) is 0 Å². The van der Waals surface area contributed by atoms with Gasteiger partial charge in [0.05, 0.1) is 12.0 Å². The third-order valence-electron chi connectivity index (χ3n) is 5.25. The first-order valence-electron chi connectivity index (χ1n) is 9.09. The van der Waals surface area contributed by atoms with Crippen LogP contribution in [-0.4, -0.2) is 50.1 Å². The lowest BCUT2D eigenvalue weighted by atomic mass is 9.95. The van der Waals surface area contributed by atoms with E-state index in [9.17, 15) is 13.2 Å². The fourth-order valence-electron chi connectivity index (χ4n) is 3.46. The topological polar surface area (TPSA) is 69.7 Å². The van der Waals surface area contributed by atoms with E-state index < -0.39 is 10.2 Å². The first kappa shape index (κ1) is 20.9. The number of benzene rings is 1. The molecule has 1 fully saturated rings. The fourth-order valence-corrected chi connectivity index (χ4v) is 4.65. The molecule has 7 heteroatoms. The molecule has 1 aromatic rings. The van der Waals surface area contributed by atoms with Gasteiger partial charge in [-0.2, -0.15) is 17.0 Å². The van der Waals surface area contributed by atoms with Crippen LogP contribution in [-0.2, 0) is 15.0 Å². The lowest BCUT2D eigenvalue weighted by Gasteiger charge is -2.33. The predicted octanol–water partition coefficient (Wildman–Crippen LogP) is 2.31. The number of nitrogens with one attached hydrogen (secondary N) is 1. The first-order valence-corrected chi connectivity index (χ1v) is 10.5. The normalized spacial score (nSPS) is 20.2. The highest BCUT2D eigenvalue weighted by Crippen LogP contribution is 2.24. The number of hydrogen-bond acceptors (Lipinski definition) is 3. The van der Waals surface area contributed by atoms with Crippen LogP contribution in [0.15, 0.2) is 12.1 Å². The van der Waals surface area contributed by atoms with Gasteiger partial charge in [0.2, 0.25) is 5.91 Å². The minimum absolute atomic E-state index is 0.0752. The summed E-state index contributed by atoms with van der Waals surface area (Å²) in [6.07, 6.45) is 1.41. The monoisotopic (exact) mass is 381 g/mol. The Bertz CT molecular complexity index is 774. The summed E-state index contributed by atoms with van der Waals surface area (Å²) in [5.74, 6) is -0.387. The third-order valence-corrected chi connectivity index (χ3v) is 7.16. The number of aryl methyl sites for hydroxylation is 3. The molecule has 2 atom stereocenters. The Morgan fingerprint density at radius 2 is 1.81 bits per heavy atom. The molecule has 1 saturated heterocycles. The molecule has 6 nitrogen and oxygen atoms in total. The van der Waals surface area contributed by atoms with Crippen molar-refractivity contribution in [3.8, 4) is 0 Å². The summed E-state index contributed by atoms with van der Waals surface area (Å²) in [4.78, 5) is 12.7. The summed E-state index contributed by atoms with van der Waals surface area (Å²) in [7, 11) is -0.443. The molecule has 0 spiro atoms. The Morgan fingerprint density at radius 1 is 1.19 bits per heavy atom. The van der Waals surface area contributed by atoms with Crippen molar-refractivity contribution >= 4 is 16.1 Å². The molecule has 2 rings (SSSR count). The van der Waals surface area contributed by atoms with Crippen LogP contribution in [0.2, 0.25) is 0 Å². The van der Waals surface area contributed by atoms with E-state index in [0.29, 0.717) is 19.4 Å². The standard InChI is InChI=1S/C19H31N3O3S/c1-13-10-15(3)18(11-14(13)2)16(4)20-19(23)17-8-7-9-22(12-17)26(24,25)21(5)6/h10-11,16-17H,7-9,12H2,1-6H3,(H,20,23)/t16-,17-/m0/s1. The molecule has 26 heavy (non-hydrogen) atoms. The molecule has 0 aliphatic carbocycles. The van der Waals surface area contributed by atoms with Crippen LogP contribution >= 0.6 is 0 Å². The van der Waals surface area contributed by atoms with Gasteiger partial charge in [0.25, 0.3) is 10.2 Å². The molecule has 1 aromatic carbocycles. The predicted molar refractivity (Wildman–Crippen MR) is 104 cm³/mol.